The maximum atomic E-state index is 11.8. The van der Waals surface area contributed by atoms with E-state index in [9.17, 15) is 4.79 Å². The number of thiocarbonyl (C=S) groups is 1. The van der Waals surface area contributed by atoms with Crippen molar-refractivity contribution in [1.29, 1.82) is 0 Å². The van der Waals surface area contributed by atoms with Crippen molar-refractivity contribution in [3.05, 3.63) is 68.8 Å². The van der Waals surface area contributed by atoms with Crippen LogP contribution in [0.2, 0.25) is 5.02 Å². The molecule has 0 aliphatic carbocycles. The van der Waals surface area contributed by atoms with Gasteiger partial charge >= 0.3 is 0 Å². The Balaban J connectivity index is 1.90. The molecule has 2 rings (SSSR count). The fourth-order valence-corrected chi connectivity index (χ4v) is 2.40. The lowest BCUT2D eigenvalue weighted by atomic mass is 10.2. The van der Waals surface area contributed by atoms with Gasteiger partial charge in [-0.05, 0) is 76.8 Å². The number of amides is 1. The van der Waals surface area contributed by atoms with Crippen LogP contribution in [0.4, 0.5) is 5.69 Å². The fourth-order valence-electron chi connectivity index (χ4n) is 1.62. The zero-order chi connectivity index (χ0) is 15.9. The normalized spacial score (nSPS) is 10.5. The van der Waals surface area contributed by atoms with Crippen LogP contribution < -0.4 is 10.6 Å². The van der Waals surface area contributed by atoms with Crippen molar-refractivity contribution in [2.24, 2.45) is 0 Å². The number of hydrogen-bond acceptors (Lipinski definition) is 2. The van der Waals surface area contributed by atoms with E-state index in [-0.39, 0.29) is 11.0 Å². The number of anilines is 1. The molecule has 0 aromatic heterocycles. The summed E-state index contributed by atoms with van der Waals surface area (Å²) < 4.78 is 1.13. The first kappa shape index (κ1) is 16.9. The zero-order valence-electron chi connectivity index (χ0n) is 11.3. The van der Waals surface area contributed by atoms with Crippen molar-refractivity contribution in [3.63, 3.8) is 0 Å². The van der Waals surface area contributed by atoms with E-state index < -0.39 is 0 Å². The molecule has 0 fully saturated rings. The molecule has 0 unspecified atom stereocenters. The largest absolute Gasteiger partial charge is 0.332 e. The van der Waals surface area contributed by atoms with Crippen LogP contribution in [0.25, 0.3) is 6.08 Å². The third-order valence-corrected chi connectivity index (χ3v) is 3.93. The molecule has 0 atom stereocenters. The summed E-state index contributed by atoms with van der Waals surface area (Å²) in [6.07, 6.45) is 3.04. The highest BCUT2D eigenvalue weighted by molar-refractivity contribution is 14.1. The first-order chi connectivity index (χ1) is 10.5. The van der Waals surface area contributed by atoms with Crippen LogP contribution in [0.3, 0.4) is 0 Å². The van der Waals surface area contributed by atoms with E-state index in [0.717, 1.165) is 14.8 Å². The summed E-state index contributed by atoms with van der Waals surface area (Å²) in [4.78, 5) is 11.8. The molecule has 0 saturated carbocycles. The monoisotopic (exact) mass is 442 g/mol. The molecule has 0 aliphatic heterocycles. The number of halogens is 2. The predicted molar refractivity (Wildman–Crippen MR) is 104 cm³/mol. The fraction of sp³-hybridized carbons (Fsp3) is 0. The second kappa shape index (κ2) is 8.26. The van der Waals surface area contributed by atoms with Gasteiger partial charge in [0.1, 0.15) is 0 Å². The van der Waals surface area contributed by atoms with Gasteiger partial charge in [0.15, 0.2) is 5.11 Å². The molecular weight excluding hydrogens is 431 g/mol. The first-order valence-corrected chi connectivity index (χ1v) is 8.21. The minimum Gasteiger partial charge on any atom is -0.332 e. The van der Waals surface area contributed by atoms with Crippen molar-refractivity contribution >= 4 is 69.2 Å². The lowest BCUT2D eigenvalue weighted by Crippen LogP contribution is -2.32. The molecule has 0 radical (unpaired) electrons. The summed E-state index contributed by atoms with van der Waals surface area (Å²) in [6.45, 7) is 0. The van der Waals surface area contributed by atoms with Crippen LogP contribution in [-0.2, 0) is 4.79 Å². The van der Waals surface area contributed by atoms with E-state index in [0.29, 0.717) is 5.02 Å². The summed E-state index contributed by atoms with van der Waals surface area (Å²) in [5, 5.41) is 6.36. The van der Waals surface area contributed by atoms with Gasteiger partial charge < -0.3 is 5.32 Å². The van der Waals surface area contributed by atoms with E-state index in [2.05, 4.69) is 33.2 Å². The Bertz CT molecular complexity index is 716. The lowest BCUT2D eigenvalue weighted by molar-refractivity contribution is -0.115. The van der Waals surface area contributed by atoms with Gasteiger partial charge in [0.2, 0.25) is 5.91 Å². The van der Waals surface area contributed by atoms with E-state index in [4.69, 9.17) is 23.8 Å². The molecule has 2 aromatic rings. The molecule has 22 heavy (non-hydrogen) atoms. The summed E-state index contributed by atoms with van der Waals surface area (Å²) in [7, 11) is 0. The molecule has 2 aromatic carbocycles. The Morgan fingerprint density at radius 3 is 2.50 bits per heavy atom. The highest BCUT2D eigenvalue weighted by Crippen LogP contribution is 2.16. The van der Waals surface area contributed by atoms with Crippen LogP contribution >= 0.6 is 46.4 Å². The predicted octanol–water partition coefficient (Wildman–Crippen LogP) is 4.47. The van der Waals surface area contributed by atoms with Crippen molar-refractivity contribution in [1.82, 2.24) is 5.32 Å². The summed E-state index contributed by atoms with van der Waals surface area (Å²) >= 11 is 13.3. The number of rotatable bonds is 3. The van der Waals surface area contributed by atoms with Gasteiger partial charge in [0.05, 0.1) is 0 Å². The van der Waals surface area contributed by atoms with E-state index >= 15 is 0 Å². The second-order valence-corrected chi connectivity index (χ2v) is 6.37. The van der Waals surface area contributed by atoms with Gasteiger partial charge in [0, 0.05) is 20.4 Å². The maximum Gasteiger partial charge on any atom is 0.250 e. The van der Waals surface area contributed by atoms with Crippen molar-refractivity contribution in [2.45, 2.75) is 0 Å². The standard InChI is InChI=1S/C16H12ClIN2OS/c17-14-4-2-1-3-11(14)5-10-15(21)20-16(22)19-13-8-6-12(18)7-9-13/h1-10H,(H2,19,20,21,22)/b10-5+. The minimum absolute atomic E-state index is 0.245. The Hall–Kier alpha value is -1.44. The molecular formula is C16H12ClIN2OS. The van der Waals surface area contributed by atoms with Crippen LogP contribution in [0, 0.1) is 3.57 Å². The van der Waals surface area contributed by atoms with Gasteiger partial charge in [-0.1, -0.05) is 29.8 Å². The minimum atomic E-state index is -0.317. The summed E-state index contributed by atoms with van der Waals surface area (Å²) in [5.41, 5.74) is 1.59. The number of benzene rings is 2. The highest BCUT2D eigenvalue weighted by atomic mass is 127. The van der Waals surface area contributed by atoms with Crippen molar-refractivity contribution < 1.29 is 4.79 Å². The second-order valence-electron chi connectivity index (χ2n) is 4.31. The van der Waals surface area contributed by atoms with Crippen LogP contribution in [-0.4, -0.2) is 11.0 Å². The average molecular weight is 443 g/mol. The topological polar surface area (TPSA) is 41.1 Å². The number of carbonyl (C=O) groups is 1. The van der Waals surface area contributed by atoms with Gasteiger partial charge in [0.25, 0.3) is 0 Å². The third kappa shape index (κ3) is 5.40. The van der Waals surface area contributed by atoms with Gasteiger partial charge in [-0.3, -0.25) is 10.1 Å². The molecule has 0 spiro atoms. The van der Waals surface area contributed by atoms with Crippen LogP contribution in [0.15, 0.2) is 54.6 Å². The highest BCUT2D eigenvalue weighted by Gasteiger charge is 2.02. The Kier molecular flexibility index (Phi) is 6.35. The molecule has 0 heterocycles. The van der Waals surface area contributed by atoms with E-state index in [1.165, 1.54) is 6.08 Å². The molecule has 0 bridgehead atoms. The lowest BCUT2D eigenvalue weighted by Gasteiger charge is -2.08. The SMILES string of the molecule is O=C(/C=C/c1ccccc1Cl)NC(=S)Nc1ccc(I)cc1. The molecule has 2 N–H and O–H groups in total. The van der Waals surface area contributed by atoms with E-state index in [1.807, 2.05) is 42.5 Å². The molecule has 6 heteroatoms. The smallest absolute Gasteiger partial charge is 0.250 e. The van der Waals surface area contributed by atoms with Crippen LogP contribution in [0.5, 0.6) is 0 Å². The van der Waals surface area contributed by atoms with Crippen LogP contribution in [0.1, 0.15) is 5.56 Å². The van der Waals surface area contributed by atoms with Gasteiger partial charge in [-0.25, -0.2) is 0 Å². The number of nitrogens with one attached hydrogen (secondary N) is 2. The van der Waals surface area contributed by atoms with Crippen molar-refractivity contribution in [2.75, 3.05) is 5.32 Å². The Morgan fingerprint density at radius 2 is 1.82 bits per heavy atom. The molecule has 1 amide bonds. The molecule has 3 nitrogen and oxygen atoms in total. The van der Waals surface area contributed by atoms with Gasteiger partial charge in [-0.15, -0.1) is 0 Å². The Morgan fingerprint density at radius 1 is 1.14 bits per heavy atom. The Labute approximate surface area is 152 Å². The maximum absolute atomic E-state index is 11.8. The zero-order valence-corrected chi connectivity index (χ0v) is 15.1. The summed E-state index contributed by atoms with van der Waals surface area (Å²) in [5.74, 6) is -0.317. The molecule has 112 valence electrons. The average Bonchev–Trinajstić information content (AvgIpc) is 2.49. The quantitative estimate of drug-likeness (QED) is 0.419. The molecule has 0 aliphatic rings. The van der Waals surface area contributed by atoms with Crippen molar-refractivity contribution in [3.8, 4) is 0 Å². The summed E-state index contributed by atoms with van der Waals surface area (Å²) in [6, 6.07) is 15.0. The number of hydrogen-bond donors (Lipinski definition) is 2. The third-order valence-electron chi connectivity index (χ3n) is 2.66. The van der Waals surface area contributed by atoms with Gasteiger partial charge in [-0.2, -0.15) is 0 Å². The van der Waals surface area contributed by atoms with E-state index in [1.54, 1.807) is 12.1 Å². The first-order valence-electron chi connectivity index (χ1n) is 6.35. The molecule has 0 saturated heterocycles. The number of carbonyl (C=O) groups excluding carboxylic acids is 1.